The first-order valence-electron chi connectivity index (χ1n) is 17.4. The molecule has 0 saturated carbocycles. The highest BCUT2D eigenvalue weighted by molar-refractivity contribution is 7.26. The van der Waals surface area contributed by atoms with Gasteiger partial charge in [-0.2, -0.15) is 4.99 Å². The number of nitrogens with zero attached hydrogens (tertiary/aromatic N) is 3. The van der Waals surface area contributed by atoms with E-state index >= 15 is 0 Å². The third kappa shape index (κ3) is 4.40. The first kappa shape index (κ1) is 28.6. The highest BCUT2D eigenvalue weighted by atomic mass is 32.1. The number of amidine groups is 1. The number of guanidine groups is 1. The minimum absolute atomic E-state index is 0.113. The van der Waals surface area contributed by atoms with Crippen LogP contribution in [-0.4, -0.2) is 17.8 Å². The maximum atomic E-state index is 6.63. The summed E-state index contributed by atoms with van der Waals surface area (Å²) < 4.78 is 9.18. The lowest BCUT2D eigenvalue weighted by Gasteiger charge is -2.31. The number of benzene rings is 6. The summed E-state index contributed by atoms with van der Waals surface area (Å²) >= 11 is 1.84. The number of nitrogens with one attached hydrogen (secondary N) is 1. The van der Waals surface area contributed by atoms with Crippen LogP contribution in [0.5, 0.6) is 0 Å². The van der Waals surface area contributed by atoms with Gasteiger partial charge in [0.1, 0.15) is 23.2 Å². The van der Waals surface area contributed by atoms with Gasteiger partial charge in [0.2, 0.25) is 5.96 Å². The van der Waals surface area contributed by atoms with Gasteiger partial charge in [-0.3, -0.25) is 0 Å². The minimum atomic E-state index is -0.285. The van der Waals surface area contributed by atoms with E-state index in [0.717, 1.165) is 50.3 Å². The molecule has 3 unspecified atom stereocenters. The Morgan fingerprint density at radius 2 is 1.43 bits per heavy atom. The largest absolute Gasteiger partial charge is 0.455 e. The normalized spacial score (nSPS) is 19.4. The van der Waals surface area contributed by atoms with Crippen molar-refractivity contribution in [3.05, 3.63) is 174 Å². The molecule has 0 radical (unpaired) electrons. The Hall–Kier alpha value is -6.24. The van der Waals surface area contributed by atoms with Crippen LogP contribution in [0.15, 0.2) is 172 Å². The maximum absolute atomic E-state index is 6.63. The number of allylic oxidation sites excluding steroid dienone is 2. The molecule has 4 heterocycles. The number of fused-ring (bicyclic) bond motifs is 10. The molecular formula is C45H30N4OS. The molecule has 11 rings (SSSR count). The first-order valence-corrected chi connectivity index (χ1v) is 18.2. The van der Waals surface area contributed by atoms with Gasteiger partial charge < -0.3 is 14.6 Å². The number of thiophene rings is 1. The molecular weight excluding hydrogens is 645 g/mol. The van der Waals surface area contributed by atoms with Crippen molar-refractivity contribution in [2.24, 2.45) is 9.98 Å². The van der Waals surface area contributed by atoms with Crippen LogP contribution in [0, 0.1) is 0 Å². The minimum Gasteiger partial charge on any atom is -0.455 e. The van der Waals surface area contributed by atoms with Crippen molar-refractivity contribution in [3.63, 3.8) is 0 Å². The van der Waals surface area contributed by atoms with Crippen LogP contribution in [0.25, 0.3) is 53.2 Å². The fourth-order valence-electron chi connectivity index (χ4n) is 8.10. The van der Waals surface area contributed by atoms with E-state index in [4.69, 9.17) is 14.4 Å². The second kappa shape index (κ2) is 11.1. The van der Waals surface area contributed by atoms with Crippen LogP contribution >= 0.6 is 11.3 Å². The second-order valence-electron chi connectivity index (χ2n) is 13.3. The van der Waals surface area contributed by atoms with Crippen LogP contribution in [0.4, 0.5) is 5.69 Å². The quantitative estimate of drug-likeness (QED) is 0.203. The first-order chi connectivity index (χ1) is 25.3. The van der Waals surface area contributed by atoms with Gasteiger partial charge in [0.25, 0.3) is 0 Å². The van der Waals surface area contributed by atoms with Crippen molar-refractivity contribution in [1.82, 2.24) is 5.32 Å². The molecule has 1 N–H and O–H groups in total. The summed E-state index contributed by atoms with van der Waals surface area (Å²) in [6.45, 7) is 0. The van der Waals surface area contributed by atoms with Crippen molar-refractivity contribution in [3.8, 4) is 11.1 Å². The lowest BCUT2D eigenvalue weighted by atomic mass is 9.92. The molecule has 1 aliphatic carbocycles. The van der Waals surface area contributed by atoms with Crippen molar-refractivity contribution < 1.29 is 4.42 Å². The molecule has 2 aliphatic heterocycles. The maximum Gasteiger partial charge on any atom is 0.230 e. The van der Waals surface area contributed by atoms with Crippen LogP contribution < -0.4 is 10.2 Å². The predicted molar refractivity (Wildman–Crippen MR) is 212 cm³/mol. The molecule has 0 fully saturated rings. The standard InChI is InChI=1S/C45H30N4OS/c1-2-12-28(13-3-1)43-46-44(48-45(47-43)49-36-18-8-4-14-30(36)31-15-5-9-19-37(31)49)29-24-22-27(23-25-29)34-26-35-32-16-7-11-21-39(32)51-42(35)40-33-17-6-10-20-38(33)50-41(34)40/h1-26,30,36,43H,(H,46,47,48). The molecule has 6 aromatic carbocycles. The number of hydrogen-bond donors (Lipinski definition) is 1. The highest BCUT2D eigenvalue weighted by Gasteiger charge is 2.40. The van der Waals surface area contributed by atoms with E-state index in [1.165, 1.54) is 31.1 Å². The SMILES string of the molecule is C1=CC2c3ccccc3N(C3=NC(c4ccccc4)NC(c4ccc(-c5cc6c7ccccc7sc6c6c5oc5ccccc56)cc4)=N3)C2C=C1. The van der Waals surface area contributed by atoms with Gasteiger partial charge in [-0.25, -0.2) is 4.99 Å². The van der Waals surface area contributed by atoms with Gasteiger partial charge in [-0.1, -0.05) is 133 Å². The van der Waals surface area contributed by atoms with E-state index in [1.807, 2.05) is 23.5 Å². The summed E-state index contributed by atoms with van der Waals surface area (Å²) in [5.41, 5.74) is 8.55. The second-order valence-corrected chi connectivity index (χ2v) is 14.4. The zero-order valence-electron chi connectivity index (χ0n) is 27.4. The average Bonchev–Trinajstić information content (AvgIpc) is 3.88. The molecule has 5 nitrogen and oxygen atoms in total. The lowest BCUT2D eigenvalue weighted by molar-refractivity contribution is 0.661. The Balaban J connectivity index is 1.05. The summed E-state index contributed by atoms with van der Waals surface area (Å²) in [5, 5.41) is 8.54. The van der Waals surface area contributed by atoms with Crippen molar-refractivity contribution >= 4 is 70.9 Å². The van der Waals surface area contributed by atoms with E-state index in [2.05, 4.69) is 156 Å². The highest BCUT2D eigenvalue weighted by Crippen LogP contribution is 2.47. The zero-order chi connectivity index (χ0) is 33.5. The third-order valence-corrected chi connectivity index (χ3v) is 11.7. The van der Waals surface area contributed by atoms with Crippen molar-refractivity contribution in [2.45, 2.75) is 18.1 Å². The Morgan fingerprint density at radius 3 is 2.33 bits per heavy atom. The molecule has 242 valence electrons. The van der Waals surface area contributed by atoms with Gasteiger partial charge in [0, 0.05) is 53.7 Å². The molecule has 3 aliphatic rings. The predicted octanol–water partition coefficient (Wildman–Crippen LogP) is 11.1. The van der Waals surface area contributed by atoms with E-state index < -0.39 is 0 Å². The Labute approximate surface area is 298 Å². The topological polar surface area (TPSA) is 53.1 Å². The fraction of sp³-hybridized carbons (Fsp3) is 0.0667. The van der Waals surface area contributed by atoms with Crippen LogP contribution in [0.2, 0.25) is 0 Å². The molecule has 0 bridgehead atoms. The van der Waals surface area contributed by atoms with Crippen LogP contribution in [0.3, 0.4) is 0 Å². The number of hydrogen-bond acceptors (Lipinski definition) is 6. The molecule has 0 saturated heterocycles. The monoisotopic (exact) mass is 674 g/mol. The number of para-hydroxylation sites is 2. The van der Waals surface area contributed by atoms with E-state index in [0.29, 0.717) is 5.96 Å². The molecule has 0 amide bonds. The van der Waals surface area contributed by atoms with Crippen LogP contribution in [0.1, 0.15) is 28.8 Å². The van der Waals surface area contributed by atoms with Gasteiger partial charge >= 0.3 is 0 Å². The van der Waals surface area contributed by atoms with E-state index in [-0.39, 0.29) is 18.1 Å². The number of furan rings is 1. The van der Waals surface area contributed by atoms with Gasteiger partial charge in [-0.05, 0) is 41.0 Å². The van der Waals surface area contributed by atoms with Crippen molar-refractivity contribution in [2.75, 3.05) is 4.90 Å². The molecule has 6 heteroatoms. The Bertz CT molecular complexity index is 2810. The lowest BCUT2D eigenvalue weighted by Crippen LogP contribution is -2.43. The molecule has 8 aromatic rings. The van der Waals surface area contributed by atoms with Gasteiger partial charge in [-0.15, -0.1) is 11.3 Å². The van der Waals surface area contributed by atoms with Crippen molar-refractivity contribution in [1.29, 1.82) is 0 Å². The Morgan fingerprint density at radius 1 is 0.686 bits per heavy atom. The number of aliphatic imine (C=N–C) groups is 2. The third-order valence-electron chi connectivity index (χ3n) is 10.5. The molecule has 3 atom stereocenters. The van der Waals surface area contributed by atoms with Gasteiger partial charge in [0.15, 0.2) is 0 Å². The zero-order valence-corrected chi connectivity index (χ0v) is 28.2. The molecule has 0 spiro atoms. The fourth-order valence-corrected chi connectivity index (χ4v) is 9.34. The summed E-state index contributed by atoms with van der Waals surface area (Å²) in [6.07, 6.45) is 8.55. The summed E-state index contributed by atoms with van der Waals surface area (Å²) in [4.78, 5) is 12.8. The number of anilines is 1. The van der Waals surface area contributed by atoms with Crippen LogP contribution in [-0.2, 0) is 0 Å². The summed E-state index contributed by atoms with van der Waals surface area (Å²) in [5.74, 6) is 1.76. The molecule has 2 aromatic heterocycles. The van der Waals surface area contributed by atoms with Gasteiger partial charge in [0.05, 0.1) is 6.04 Å². The summed E-state index contributed by atoms with van der Waals surface area (Å²) in [7, 11) is 0. The van der Waals surface area contributed by atoms with E-state index in [9.17, 15) is 0 Å². The molecule has 51 heavy (non-hydrogen) atoms. The number of rotatable bonds is 3. The smallest absolute Gasteiger partial charge is 0.230 e. The van der Waals surface area contributed by atoms with E-state index in [1.54, 1.807) is 0 Å². The average molecular weight is 675 g/mol. The summed E-state index contributed by atoms with van der Waals surface area (Å²) in [6, 6.07) is 47.3. The Kier molecular flexibility index (Phi) is 6.24.